The Morgan fingerprint density at radius 1 is 1.20 bits per heavy atom. The van der Waals surface area contributed by atoms with Crippen molar-refractivity contribution >= 4 is 5.91 Å². The number of rotatable bonds is 6. The van der Waals surface area contributed by atoms with Gasteiger partial charge in [-0.25, -0.2) is 9.67 Å². The average Bonchev–Trinajstić information content (AvgIpc) is 3.14. The van der Waals surface area contributed by atoms with E-state index < -0.39 is 12.5 Å². The van der Waals surface area contributed by atoms with Gasteiger partial charge in [-0.3, -0.25) is 4.79 Å². The molecule has 0 radical (unpaired) electrons. The monoisotopic (exact) mass is 344 g/mol. The molecule has 0 saturated heterocycles. The molecule has 3 rings (SSSR count). The van der Waals surface area contributed by atoms with E-state index in [1.165, 1.54) is 30.6 Å². The van der Waals surface area contributed by atoms with E-state index in [4.69, 9.17) is 0 Å². The molecule has 6 nitrogen and oxygen atoms in total. The van der Waals surface area contributed by atoms with Crippen LogP contribution in [0, 0.1) is 0 Å². The fourth-order valence-corrected chi connectivity index (χ4v) is 2.31. The van der Waals surface area contributed by atoms with Crippen molar-refractivity contribution in [3.63, 3.8) is 0 Å². The molecular formula is C17H14F2N4O2. The number of ether oxygens (including phenoxy) is 1. The molecule has 0 spiro atoms. The number of carbonyl (C=O) groups excluding carboxylic acids is 1. The summed E-state index contributed by atoms with van der Waals surface area (Å²) in [6, 6.07) is 13.0. The predicted molar refractivity (Wildman–Crippen MR) is 85.6 cm³/mol. The van der Waals surface area contributed by atoms with Crippen molar-refractivity contribution in [1.29, 1.82) is 0 Å². The molecule has 2 aromatic carbocycles. The zero-order valence-electron chi connectivity index (χ0n) is 13.0. The normalized spacial score (nSPS) is 10.7. The second-order valence-corrected chi connectivity index (χ2v) is 5.06. The molecule has 0 aliphatic carbocycles. The van der Waals surface area contributed by atoms with Gasteiger partial charge in [0.1, 0.15) is 18.4 Å². The summed E-state index contributed by atoms with van der Waals surface area (Å²) in [7, 11) is 0. The molecule has 0 saturated carbocycles. The summed E-state index contributed by atoms with van der Waals surface area (Å²) >= 11 is 0. The lowest BCUT2D eigenvalue weighted by Crippen LogP contribution is -2.23. The molecular weight excluding hydrogens is 330 g/mol. The Hall–Kier alpha value is -3.29. The second-order valence-electron chi connectivity index (χ2n) is 5.06. The van der Waals surface area contributed by atoms with Crippen molar-refractivity contribution in [3.05, 3.63) is 72.3 Å². The van der Waals surface area contributed by atoms with Gasteiger partial charge in [-0.05, 0) is 29.8 Å². The van der Waals surface area contributed by atoms with Crippen LogP contribution in [-0.4, -0.2) is 27.3 Å². The molecule has 0 unspecified atom stereocenters. The van der Waals surface area contributed by atoms with Crippen LogP contribution in [0.1, 0.15) is 15.9 Å². The first-order valence-electron chi connectivity index (χ1n) is 7.39. The number of amides is 1. The fourth-order valence-electron chi connectivity index (χ4n) is 2.31. The molecule has 0 bridgehead atoms. The van der Waals surface area contributed by atoms with Crippen LogP contribution in [0.4, 0.5) is 8.78 Å². The Morgan fingerprint density at radius 2 is 2.04 bits per heavy atom. The van der Waals surface area contributed by atoms with Crippen molar-refractivity contribution in [2.75, 3.05) is 0 Å². The van der Waals surface area contributed by atoms with Crippen LogP contribution in [0.15, 0.2) is 61.2 Å². The van der Waals surface area contributed by atoms with Gasteiger partial charge in [-0.1, -0.05) is 24.3 Å². The van der Waals surface area contributed by atoms with E-state index >= 15 is 0 Å². The van der Waals surface area contributed by atoms with Gasteiger partial charge in [-0.15, -0.1) is 0 Å². The maximum atomic E-state index is 12.3. The molecule has 3 aromatic rings. The number of nitrogens with one attached hydrogen (secondary N) is 1. The molecule has 1 N–H and O–H groups in total. The fraction of sp³-hybridized carbons (Fsp3) is 0.118. The Balaban J connectivity index is 1.71. The first-order chi connectivity index (χ1) is 12.1. The van der Waals surface area contributed by atoms with Crippen LogP contribution in [0.2, 0.25) is 0 Å². The van der Waals surface area contributed by atoms with Crippen LogP contribution in [0.3, 0.4) is 0 Å². The molecule has 8 heteroatoms. The molecule has 0 atom stereocenters. The maximum absolute atomic E-state index is 12.3. The first kappa shape index (κ1) is 16.6. The third-order valence-corrected chi connectivity index (χ3v) is 3.42. The smallest absolute Gasteiger partial charge is 0.387 e. The van der Waals surface area contributed by atoms with Crippen LogP contribution in [0.25, 0.3) is 5.69 Å². The zero-order valence-corrected chi connectivity index (χ0v) is 13.0. The average molecular weight is 344 g/mol. The molecule has 1 aromatic heterocycles. The predicted octanol–water partition coefficient (Wildman–Crippen LogP) is 2.80. The van der Waals surface area contributed by atoms with Gasteiger partial charge in [0.15, 0.2) is 0 Å². The van der Waals surface area contributed by atoms with E-state index in [9.17, 15) is 13.6 Å². The minimum atomic E-state index is -2.94. The van der Waals surface area contributed by atoms with Crippen molar-refractivity contribution in [2.24, 2.45) is 0 Å². The lowest BCUT2D eigenvalue weighted by Gasteiger charge is -2.11. The number of carbonyl (C=O) groups is 1. The Labute approximate surface area is 142 Å². The number of hydrogen-bond donors (Lipinski definition) is 1. The third kappa shape index (κ3) is 4.17. The highest BCUT2D eigenvalue weighted by atomic mass is 19.3. The van der Waals surface area contributed by atoms with E-state index in [1.54, 1.807) is 11.0 Å². The van der Waals surface area contributed by atoms with E-state index in [0.717, 1.165) is 11.3 Å². The molecule has 128 valence electrons. The lowest BCUT2D eigenvalue weighted by molar-refractivity contribution is -0.0498. The van der Waals surface area contributed by atoms with Gasteiger partial charge in [0.2, 0.25) is 0 Å². The minimum absolute atomic E-state index is 0.0642. The first-order valence-corrected chi connectivity index (χ1v) is 7.39. The molecule has 0 aliphatic heterocycles. The zero-order chi connectivity index (χ0) is 17.6. The summed E-state index contributed by atoms with van der Waals surface area (Å²) in [5.41, 5.74) is 1.85. The van der Waals surface area contributed by atoms with Crippen LogP contribution in [0.5, 0.6) is 5.75 Å². The summed E-state index contributed by atoms with van der Waals surface area (Å²) < 4.78 is 30.4. The standard InChI is InChI=1S/C17H14F2N4O2/c18-17(19)25-14-6-3-5-12(8-14)16(24)21-9-13-4-1-2-7-15(13)23-11-20-10-22-23/h1-8,10-11,17H,9H2,(H,21,24). The second kappa shape index (κ2) is 7.52. The van der Waals surface area contributed by atoms with E-state index in [0.29, 0.717) is 0 Å². The molecule has 1 amide bonds. The summed E-state index contributed by atoms with van der Waals surface area (Å²) in [4.78, 5) is 16.2. The highest BCUT2D eigenvalue weighted by Crippen LogP contribution is 2.17. The molecule has 25 heavy (non-hydrogen) atoms. The Bertz CT molecular complexity index is 853. The van der Waals surface area contributed by atoms with E-state index in [1.807, 2.05) is 24.3 Å². The van der Waals surface area contributed by atoms with Gasteiger partial charge in [-0.2, -0.15) is 13.9 Å². The summed E-state index contributed by atoms with van der Waals surface area (Å²) in [6.07, 6.45) is 2.98. The molecule has 0 fully saturated rings. The number of nitrogens with zero attached hydrogens (tertiary/aromatic N) is 3. The number of benzene rings is 2. The molecule has 0 aliphatic rings. The summed E-state index contributed by atoms with van der Waals surface area (Å²) in [5.74, 6) is -0.459. The van der Waals surface area contributed by atoms with Gasteiger partial charge < -0.3 is 10.1 Å². The SMILES string of the molecule is O=C(NCc1ccccc1-n1cncn1)c1cccc(OC(F)F)c1. The Morgan fingerprint density at radius 3 is 2.80 bits per heavy atom. The van der Waals surface area contributed by atoms with Crippen molar-refractivity contribution in [2.45, 2.75) is 13.2 Å². The van der Waals surface area contributed by atoms with Gasteiger partial charge >= 0.3 is 6.61 Å². The number of alkyl halides is 2. The highest BCUT2D eigenvalue weighted by molar-refractivity contribution is 5.94. The third-order valence-electron chi connectivity index (χ3n) is 3.42. The lowest BCUT2D eigenvalue weighted by atomic mass is 10.1. The number of para-hydroxylation sites is 1. The van der Waals surface area contributed by atoms with Crippen molar-refractivity contribution < 1.29 is 18.3 Å². The number of aromatic nitrogens is 3. The quantitative estimate of drug-likeness (QED) is 0.747. The van der Waals surface area contributed by atoms with Gasteiger partial charge in [0, 0.05) is 12.1 Å². The minimum Gasteiger partial charge on any atom is -0.435 e. The Kier molecular flexibility index (Phi) is 4.98. The number of hydrogen-bond acceptors (Lipinski definition) is 4. The largest absolute Gasteiger partial charge is 0.435 e. The van der Waals surface area contributed by atoms with Gasteiger partial charge in [0.05, 0.1) is 5.69 Å². The van der Waals surface area contributed by atoms with Crippen LogP contribution in [-0.2, 0) is 6.54 Å². The molecule has 1 heterocycles. The topological polar surface area (TPSA) is 69.0 Å². The van der Waals surface area contributed by atoms with Crippen LogP contribution >= 0.6 is 0 Å². The van der Waals surface area contributed by atoms with Crippen molar-refractivity contribution in [1.82, 2.24) is 20.1 Å². The van der Waals surface area contributed by atoms with Crippen molar-refractivity contribution in [3.8, 4) is 11.4 Å². The van der Waals surface area contributed by atoms with E-state index in [2.05, 4.69) is 20.1 Å². The summed E-state index contributed by atoms with van der Waals surface area (Å²) in [5, 5.41) is 6.83. The summed E-state index contributed by atoms with van der Waals surface area (Å²) in [6.45, 7) is -2.69. The van der Waals surface area contributed by atoms with Crippen LogP contribution < -0.4 is 10.1 Å². The maximum Gasteiger partial charge on any atom is 0.387 e. The number of halogens is 2. The van der Waals surface area contributed by atoms with Gasteiger partial charge in [0.25, 0.3) is 5.91 Å². The van der Waals surface area contributed by atoms with E-state index in [-0.39, 0.29) is 17.9 Å². The highest BCUT2D eigenvalue weighted by Gasteiger charge is 2.11.